The van der Waals surface area contributed by atoms with Crippen LogP contribution >= 0.6 is 0 Å². The molecule has 1 aliphatic carbocycles. The number of carbonyl (C=O) groups excluding carboxylic acids is 1. The third-order valence-corrected chi connectivity index (χ3v) is 6.71. The van der Waals surface area contributed by atoms with Gasteiger partial charge < -0.3 is 15.5 Å². The maximum Gasteiger partial charge on any atom is 0.254 e. The van der Waals surface area contributed by atoms with Crippen LogP contribution in [-0.2, 0) is 0 Å². The van der Waals surface area contributed by atoms with E-state index in [0.29, 0.717) is 12.6 Å². The molecule has 5 rings (SSSR count). The number of halogens is 2. The van der Waals surface area contributed by atoms with Crippen LogP contribution < -0.4 is 10.6 Å². The van der Waals surface area contributed by atoms with E-state index in [4.69, 9.17) is 0 Å². The number of alkyl halides is 1. The van der Waals surface area contributed by atoms with Gasteiger partial charge in [0.25, 0.3) is 5.91 Å². The fourth-order valence-electron chi connectivity index (χ4n) is 4.54. The Labute approximate surface area is 203 Å². The lowest BCUT2D eigenvalue weighted by Gasteiger charge is -2.32. The number of hydrogen-bond acceptors (Lipinski definition) is 5. The molecule has 0 unspecified atom stereocenters. The molecule has 2 aliphatic rings. The molecular formula is C26H30F2N6O. The summed E-state index contributed by atoms with van der Waals surface area (Å²) in [5.74, 6) is -0.896. The minimum absolute atomic E-state index is 0.0516. The topological polar surface area (TPSA) is 75.1 Å². The standard InChI is InChI=1S/C26H30F2N6O/c1-17-10-25(28)24(26(35)32-19-2-3-19)12-23(17)18-13-30-34(16-18)22-11-21(14-29-15-22)31-20-4-7-33(8-5-20)9-6-27/h10-16,19-20,31H,2-9H2,1H3,(H,32,35). The van der Waals surface area contributed by atoms with E-state index >= 15 is 0 Å². The van der Waals surface area contributed by atoms with E-state index in [1.54, 1.807) is 29.3 Å². The van der Waals surface area contributed by atoms with Crippen LogP contribution in [-0.4, -0.2) is 64.0 Å². The molecule has 0 bridgehead atoms. The number of aryl methyl sites for hydroxylation is 1. The summed E-state index contributed by atoms with van der Waals surface area (Å²) in [5.41, 5.74) is 4.04. The summed E-state index contributed by atoms with van der Waals surface area (Å²) >= 11 is 0. The van der Waals surface area contributed by atoms with Crippen molar-refractivity contribution < 1.29 is 13.6 Å². The molecule has 35 heavy (non-hydrogen) atoms. The van der Waals surface area contributed by atoms with E-state index in [-0.39, 0.29) is 24.2 Å². The molecule has 0 radical (unpaired) electrons. The first-order chi connectivity index (χ1) is 17.0. The lowest BCUT2D eigenvalue weighted by Crippen LogP contribution is -2.40. The van der Waals surface area contributed by atoms with Crippen molar-refractivity contribution in [2.45, 2.75) is 44.7 Å². The Balaban J connectivity index is 1.31. The molecule has 2 aromatic heterocycles. The Morgan fingerprint density at radius 3 is 2.63 bits per heavy atom. The first-order valence-corrected chi connectivity index (χ1v) is 12.2. The molecule has 7 nitrogen and oxygen atoms in total. The summed E-state index contributed by atoms with van der Waals surface area (Å²) < 4.78 is 28.8. The number of benzene rings is 1. The summed E-state index contributed by atoms with van der Waals surface area (Å²) in [5, 5.41) is 10.9. The number of likely N-dealkylation sites (tertiary alicyclic amines) is 1. The van der Waals surface area contributed by atoms with Crippen molar-refractivity contribution in [1.29, 1.82) is 0 Å². The molecule has 1 saturated heterocycles. The van der Waals surface area contributed by atoms with Gasteiger partial charge in [-0.3, -0.25) is 9.78 Å². The third-order valence-electron chi connectivity index (χ3n) is 6.71. The van der Waals surface area contributed by atoms with Gasteiger partial charge in [-0.05, 0) is 61.9 Å². The zero-order valence-corrected chi connectivity index (χ0v) is 19.8. The minimum Gasteiger partial charge on any atom is -0.381 e. The molecule has 0 atom stereocenters. The highest BCUT2D eigenvalue weighted by Crippen LogP contribution is 2.28. The quantitative estimate of drug-likeness (QED) is 0.507. The van der Waals surface area contributed by atoms with Gasteiger partial charge in [0, 0.05) is 43.5 Å². The maximum atomic E-state index is 14.5. The highest BCUT2D eigenvalue weighted by atomic mass is 19.1. The third kappa shape index (κ3) is 5.51. The van der Waals surface area contributed by atoms with Gasteiger partial charge in [0.05, 0.1) is 35.5 Å². The van der Waals surface area contributed by atoms with Crippen molar-refractivity contribution in [3.05, 3.63) is 59.9 Å². The summed E-state index contributed by atoms with van der Waals surface area (Å²) in [6, 6.07) is 5.47. The van der Waals surface area contributed by atoms with Crippen LogP contribution in [0.4, 0.5) is 14.5 Å². The van der Waals surface area contributed by atoms with E-state index in [1.807, 2.05) is 19.2 Å². The number of carbonyl (C=O) groups is 1. The monoisotopic (exact) mass is 480 g/mol. The van der Waals surface area contributed by atoms with E-state index in [1.165, 1.54) is 6.07 Å². The van der Waals surface area contributed by atoms with Crippen LogP contribution in [0.5, 0.6) is 0 Å². The molecule has 2 fully saturated rings. The summed E-state index contributed by atoms with van der Waals surface area (Å²) in [4.78, 5) is 19.0. The molecular weight excluding hydrogens is 450 g/mol. The maximum absolute atomic E-state index is 14.5. The second-order valence-corrected chi connectivity index (χ2v) is 9.45. The lowest BCUT2D eigenvalue weighted by atomic mass is 9.99. The van der Waals surface area contributed by atoms with Crippen molar-refractivity contribution in [3.8, 4) is 16.8 Å². The molecule has 1 aromatic carbocycles. The number of amides is 1. The van der Waals surface area contributed by atoms with Gasteiger partial charge in [-0.15, -0.1) is 0 Å². The van der Waals surface area contributed by atoms with E-state index in [2.05, 4.69) is 25.6 Å². The van der Waals surface area contributed by atoms with E-state index in [0.717, 1.165) is 66.8 Å². The zero-order chi connectivity index (χ0) is 24.4. The number of nitrogens with zero attached hydrogens (tertiary/aromatic N) is 4. The van der Waals surface area contributed by atoms with Crippen molar-refractivity contribution in [1.82, 2.24) is 25.0 Å². The number of pyridine rings is 1. The molecule has 3 heterocycles. The molecule has 3 aromatic rings. The fraction of sp³-hybridized carbons (Fsp3) is 0.423. The Bertz CT molecular complexity index is 1200. The van der Waals surface area contributed by atoms with Gasteiger partial charge in [-0.1, -0.05) is 0 Å². The minimum atomic E-state index is -0.518. The Hall–Kier alpha value is -3.33. The highest BCUT2D eigenvalue weighted by molar-refractivity contribution is 5.96. The largest absolute Gasteiger partial charge is 0.381 e. The number of hydrogen-bond donors (Lipinski definition) is 2. The predicted octanol–water partition coefficient (Wildman–Crippen LogP) is 4.12. The van der Waals surface area contributed by atoms with Gasteiger partial charge in [-0.25, -0.2) is 13.5 Å². The molecule has 2 N–H and O–H groups in total. The van der Waals surface area contributed by atoms with Crippen LogP contribution in [0.3, 0.4) is 0 Å². The van der Waals surface area contributed by atoms with Gasteiger partial charge >= 0.3 is 0 Å². The number of rotatable bonds is 8. The van der Waals surface area contributed by atoms with Gasteiger partial charge in [-0.2, -0.15) is 5.10 Å². The molecule has 9 heteroatoms. The molecule has 184 valence electrons. The summed E-state index contributed by atoms with van der Waals surface area (Å²) in [7, 11) is 0. The van der Waals surface area contributed by atoms with Crippen molar-refractivity contribution in [3.63, 3.8) is 0 Å². The normalized spacial score (nSPS) is 16.9. The lowest BCUT2D eigenvalue weighted by molar-refractivity contribution is 0.0947. The van der Waals surface area contributed by atoms with Crippen LogP contribution in [0.1, 0.15) is 41.6 Å². The Kier molecular flexibility index (Phi) is 6.77. The number of aromatic nitrogens is 3. The van der Waals surface area contributed by atoms with E-state index < -0.39 is 5.82 Å². The van der Waals surface area contributed by atoms with Crippen LogP contribution in [0.2, 0.25) is 0 Å². The average molecular weight is 481 g/mol. The highest BCUT2D eigenvalue weighted by Gasteiger charge is 2.26. The second kappa shape index (κ2) is 10.1. The number of piperidine rings is 1. The fourth-order valence-corrected chi connectivity index (χ4v) is 4.54. The van der Waals surface area contributed by atoms with Crippen LogP contribution in [0.15, 0.2) is 43.0 Å². The molecule has 1 amide bonds. The summed E-state index contributed by atoms with van der Waals surface area (Å²) in [6.07, 6.45) is 10.9. The first kappa shape index (κ1) is 23.4. The van der Waals surface area contributed by atoms with Gasteiger partial charge in [0.15, 0.2) is 0 Å². The molecule has 0 spiro atoms. The average Bonchev–Trinajstić information content (AvgIpc) is 3.52. The van der Waals surface area contributed by atoms with Crippen molar-refractivity contribution in [2.75, 3.05) is 31.6 Å². The number of nitrogens with one attached hydrogen (secondary N) is 2. The van der Waals surface area contributed by atoms with Crippen molar-refractivity contribution >= 4 is 11.6 Å². The van der Waals surface area contributed by atoms with Crippen molar-refractivity contribution in [2.24, 2.45) is 0 Å². The SMILES string of the molecule is Cc1cc(F)c(C(=O)NC2CC2)cc1-c1cnn(-c2cncc(NC3CCN(CCF)CC3)c2)c1. The van der Waals surface area contributed by atoms with E-state index in [9.17, 15) is 13.6 Å². The van der Waals surface area contributed by atoms with Gasteiger partial charge in [0.2, 0.25) is 0 Å². The first-order valence-electron chi connectivity index (χ1n) is 12.2. The zero-order valence-electron chi connectivity index (χ0n) is 19.8. The second-order valence-electron chi connectivity index (χ2n) is 9.45. The number of anilines is 1. The van der Waals surface area contributed by atoms with Gasteiger partial charge in [0.1, 0.15) is 12.5 Å². The smallest absolute Gasteiger partial charge is 0.254 e. The molecule has 1 saturated carbocycles. The van der Waals surface area contributed by atoms with Crippen LogP contribution in [0, 0.1) is 12.7 Å². The molecule has 1 aliphatic heterocycles. The predicted molar refractivity (Wildman–Crippen MR) is 131 cm³/mol. The van der Waals surface area contributed by atoms with Crippen LogP contribution in [0.25, 0.3) is 16.8 Å². The Morgan fingerprint density at radius 1 is 1.09 bits per heavy atom. The summed E-state index contributed by atoms with van der Waals surface area (Å²) in [6.45, 7) is 3.79. The Morgan fingerprint density at radius 2 is 1.89 bits per heavy atom.